The summed E-state index contributed by atoms with van der Waals surface area (Å²) in [6, 6.07) is 0. The first-order valence-corrected chi connectivity index (χ1v) is 6.09. The maximum Gasteiger partial charge on any atom is 0.175 e. The van der Waals surface area contributed by atoms with Crippen molar-refractivity contribution in [3.05, 3.63) is 28.6 Å². The number of rotatable bonds is 6. The van der Waals surface area contributed by atoms with Crippen molar-refractivity contribution in [2.24, 2.45) is 0 Å². The molecular formula is C11H13F3O3S. The van der Waals surface area contributed by atoms with Crippen molar-refractivity contribution in [2.45, 2.75) is 38.0 Å². The summed E-state index contributed by atoms with van der Waals surface area (Å²) in [7, 11) is 0. The molecule has 0 unspecified atom stereocenters. The zero-order valence-corrected chi connectivity index (χ0v) is 10.7. The molecule has 0 atom stereocenters. The van der Waals surface area contributed by atoms with Crippen LogP contribution >= 0.6 is 12.0 Å². The van der Waals surface area contributed by atoms with Crippen molar-refractivity contribution < 1.29 is 27.8 Å². The van der Waals surface area contributed by atoms with E-state index in [0.29, 0.717) is 6.42 Å². The standard InChI is InChI=1S/C11H13F3O3S/c1-3-4-5-7-8(12)6(2)11(18-17-16-15)10(14)9(7)13/h15H,3-5H2,1-2H3. The fraction of sp³-hybridized carbons (Fsp3) is 0.455. The Hall–Kier alpha value is -0.760. The third-order valence-electron chi connectivity index (χ3n) is 2.52. The molecule has 0 amide bonds. The van der Waals surface area contributed by atoms with Crippen molar-refractivity contribution in [1.29, 1.82) is 0 Å². The molecule has 1 N–H and O–H groups in total. The molecule has 0 bridgehead atoms. The maximum absolute atomic E-state index is 13.9. The second-order valence-electron chi connectivity index (χ2n) is 3.70. The summed E-state index contributed by atoms with van der Waals surface area (Å²) in [5, 5.41) is 11.2. The highest BCUT2D eigenvalue weighted by atomic mass is 32.2. The molecule has 102 valence electrons. The van der Waals surface area contributed by atoms with E-state index in [-0.39, 0.29) is 34.5 Å². The van der Waals surface area contributed by atoms with Gasteiger partial charge in [-0.25, -0.2) is 18.4 Å². The van der Waals surface area contributed by atoms with Gasteiger partial charge in [-0.3, -0.25) is 0 Å². The van der Waals surface area contributed by atoms with Gasteiger partial charge in [0.15, 0.2) is 11.6 Å². The Balaban J connectivity index is 3.18. The van der Waals surface area contributed by atoms with E-state index in [0.717, 1.165) is 6.42 Å². The van der Waals surface area contributed by atoms with Gasteiger partial charge >= 0.3 is 0 Å². The Bertz CT molecular complexity index is 358. The van der Waals surface area contributed by atoms with Gasteiger partial charge in [0, 0.05) is 11.1 Å². The van der Waals surface area contributed by atoms with Crippen LogP contribution in [0.3, 0.4) is 0 Å². The van der Waals surface area contributed by atoms with E-state index in [2.05, 4.69) is 9.37 Å². The molecule has 0 saturated heterocycles. The number of hydrogen-bond acceptors (Lipinski definition) is 4. The Kier molecular flexibility index (Phi) is 5.94. The molecule has 0 spiro atoms. The molecule has 1 aromatic rings. The number of unbranched alkanes of at least 4 members (excludes halogenated alkanes) is 1. The van der Waals surface area contributed by atoms with E-state index in [1.807, 2.05) is 6.92 Å². The summed E-state index contributed by atoms with van der Waals surface area (Å²) in [6.07, 6.45) is 1.45. The first-order valence-electron chi connectivity index (χ1n) is 5.35. The molecule has 0 saturated carbocycles. The van der Waals surface area contributed by atoms with Crippen LogP contribution < -0.4 is 0 Å². The van der Waals surface area contributed by atoms with Crippen molar-refractivity contribution in [2.75, 3.05) is 0 Å². The lowest BCUT2D eigenvalue weighted by Crippen LogP contribution is -2.05. The lowest BCUT2D eigenvalue weighted by Gasteiger charge is -2.12. The summed E-state index contributed by atoms with van der Waals surface area (Å²) in [4.78, 5) is -0.390. The smallest absolute Gasteiger partial charge is 0.175 e. The van der Waals surface area contributed by atoms with Gasteiger partial charge in [-0.1, -0.05) is 18.4 Å². The van der Waals surface area contributed by atoms with E-state index in [4.69, 9.17) is 5.26 Å². The second-order valence-corrected chi connectivity index (χ2v) is 4.42. The summed E-state index contributed by atoms with van der Waals surface area (Å²) >= 11 is 0.207. The van der Waals surface area contributed by atoms with E-state index < -0.39 is 17.5 Å². The molecule has 18 heavy (non-hydrogen) atoms. The molecule has 0 aliphatic rings. The van der Waals surface area contributed by atoms with Gasteiger partial charge < -0.3 is 0 Å². The normalized spacial score (nSPS) is 11.0. The lowest BCUT2D eigenvalue weighted by molar-refractivity contribution is -0.432. The molecule has 0 fully saturated rings. The van der Waals surface area contributed by atoms with Crippen LogP contribution in [0.15, 0.2) is 4.90 Å². The molecule has 1 aromatic carbocycles. The third-order valence-corrected chi connectivity index (χ3v) is 3.30. The van der Waals surface area contributed by atoms with Gasteiger partial charge in [0.25, 0.3) is 0 Å². The van der Waals surface area contributed by atoms with Crippen molar-refractivity contribution in [1.82, 2.24) is 0 Å². The van der Waals surface area contributed by atoms with Crippen LogP contribution in [0.1, 0.15) is 30.9 Å². The van der Waals surface area contributed by atoms with Crippen LogP contribution in [0.25, 0.3) is 0 Å². The lowest BCUT2D eigenvalue weighted by atomic mass is 10.0. The molecule has 0 heterocycles. The van der Waals surface area contributed by atoms with Crippen molar-refractivity contribution >= 4 is 12.0 Å². The summed E-state index contributed by atoms with van der Waals surface area (Å²) in [5.74, 6) is -3.23. The topological polar surface area (TPSA) is 38.7 Å². The van der Waals surface area contributed by atoms with Gasteiger partial charge in [0.05, 0.1) is 16.9 Å². The predicted molar refractivity (Wildman–Crippen MR) is 60.3 cm³/mol. The van der Waals surface area contributed by atoms with Crippen LogP contribution in [0, 0.1) is 24.4 Å². The Morgan fingerprint density at radius 1 is 1.17 bits per heavy atom. The molecule has 0 radical (unpaired) electrons. The van der Waals surface area contributed by atoms with Gasteiger partial charge in [0.2, 0.25) is 0 Å². The van der Waals surface area contributed by atoms with Crippen LogP contribution in [0.5, 0.6) is 0 Å². The third kappa shape index (κ3) is 3.17. The van der Waals surface area contributed by atoms with Gasteiger partial charge in [0.1, 0.15) is 5.82 Å². The van der Waals surface area contributed by atoms with Crippen LogP contribution in [-0.2, 0) is 15.8 Å². The summed E-state index contributed by atoms with van der Waals surface area (Å²) in [5.41, 5.74) is -0.344. The second kappa shape index (κ2) is 6.98. The minimum Gasteiger partial charge on any atom is -0.220 e. The number of halogens is 3. The number of benzene rings is 1. The van der Waals surface area contributed by atoms with Gasteiger partial charge in [-0.15, -0.1) is 4.33 Å². The summed E-state index contributed by atoms with van der Waals surface area (Å²) < 4.78 is 45.2. The molecule has 7 heteroatoms. The van der Waals surface area contributed by atoms with Gasteiger partial charge in [-0.05, 0) is 19.8 Å². The average Bonchev–Trinajstić information content (AvgIpc) is 2.37. The Morgan fingerprint density at radius 2 is 1.83 bits per heavy atom. The molecule has 3 nitrogen and oxygen atoms in total. The van der Waals surface area contributed by atoms with Crippen molar-refractivity contribution in [3.63, 3.8) is 0 Å². The summed E-state index contributed by atoms with van der Waals surface area (Å²) in [6.45, 7) is 3.17. The molecule has 0 aromatic heterocycles. The first kappa shape index (κ1) is 15.3. The van der Waals surface area contributed by atoms with E-state index in [1.165, 1.54) is 6.92 Å². The first-order chi connectivity index (χ1) is 8.54. The van der Waals surface area contributed by atoms with Crippen LogP contribution in [-0.4, -0.2) is 5.26 Å². The predicted octanol–water partition coefficient (Wildman–Crippen LogP) is 4.18. The zero-order chi connectivity index (χ0) is 13.7. The monoisotopic (exact) mass is 282 g/mol. The average molecular weight is 282 g/mol. The van der Waals surface area contributed by atoms with Crippen LogP contribution in [0.4, 0.5) is 13.2 Å². The highest BCUT2D eigenvalue weighted by Gasteiger charge is 2.23. The maximum atomic E-state index is 13.9. The molecular weight excluding hydrogens is 269 g/mol. The highest BCUT2D eigenvalue weighted by Crippen LogP contribution is 2.33. The Labute approximate surface area is 107 Å². The highest BCUT2D eigenvalue weighted by molar-refractivity contribution is 7.94. The minimum absolute atomic E-state index is 0.0814. The van der Waals surface area contributed by atoms with Gasteiger partial charge in [-0.2, -0.15) is 0 Å². The Morgan fingerprint density at radius 3 is 2.39 bits per heavy atom. The number of hydrogen-bond donors (Lipinski definition) is 1. The van der Waals surface area contributed by atoms with Crippen molar-refractivity contribution in [3.8, 4) is 0 Å². The van der Waals surface area contributed by atoms with Crippen LogP contribution in [0.2, 0.25) is 0 Å². The minimum atomic E-state index is -1.23. The molecule has 0 aliphatic carbocycles. The fourth-order valence-electron chi connectivity index (χ4n) is 1.54. The zero-order valence-electron chi connectivity index (χ0n) is 9.93. The van der Waals surface area contributed by atoms with E-state index in [9.17, 15) is 13.2 Å². The quantitative estimate of drug-likeness (QED) is 0.367. The largest absolute Gasteiger partial charge is 0.220 e. The molecule has 0 aliphatic heterocycles. The SMILES string of the molecule is CCCCc1c(F)c(C)c(SOOO)c(F)c1F. The van der Waals surface area contributed by atoms with E-state index >= 15 is 0 Å². The fourth-order valence-corrected chi connectivity index (χ4v) is 2.02. The van der Waals surface area contributed by atoms with E-state index in [1.54, 1.807) is 0 Å². The molecule has 1 rings (SSSR count).